The second-order valence-electron chi connectivity index (χ2n) is 5.07. The minimum absolute atomic E-state index is 0.298. The Hall–Kier alpha value is -0.820. The van der Waals surface area contributed by atoms with Crippen molar-refractivity contribution in [1.29, 1.82) is 0 Å². The van der Waals surface area contributed by atoms with Crippen LogP contribution in [0.5, 0.6) is 0 Å². The van der Waals surface area contributed by atoms with Gasteiger partial charge < -0.3 is 5.11 Å². The Morgan fingerprint density at radius 3 is 2.69 bits per heavy atom. The van der Waals surface area contributed by atoms with Crippen molar-refractivity contribution in [3.05, 3.63) is 35.5 Å². The Morgan fingerprint density at radius 1 is 1.38 bits per heavy atom. The summed E-state index contributed by atoms with van der Waals surface area (Å²) in [6.07, 6.45) is 8.15. The average Bonchev–Trinajstić information content (AvgIpc) is 2.22. The van der Waals surface area contributed by atoms with E-state index in [4.69, 9.17) is 0 Å². The highest BCUT2D eigenvalue weighted by molar-refractivity contribution is 5.12. The maximum absolute atomic E-state index is 10.1. The molecule has 1 N–H and O–H groups in total. The zero-order chi connectivity index (χ0) is 12.1. The van der Waals surface area contributed by atoms with Gasteiger partial charge in [-0.05, 0) is 57.9 Å². The van der Waals surface area contributed by atoms with Gasteiger partial charge in [0.25, 0.3) is 0 Å². The number of allylic oxidation sites excluding steroid dienone is 4. The smallest absolute Gasteiger partial charge is 0.0753 e. The van der Waals surface area contributed by atoms with Gasteiger partial charge in [0, 0.05) is 0 Å². The van der Waals surface area contributed by atoms with E-state index >= 15 is 0 Å². The van der Waals surface area contributed by atoms with E-state index < -0.39 is 0 Å². The second-order valence-corrected chi connectivity index (χ2v) is 5.07. The number of hydrogen-bond donors (Lipinski definition) is 1. The first-order valence-electron chi connectivity index (χ1n) is 6.16. The van der Waals surface area contributed by atoms with E-state index in [9.17, 15) is 5.11 Å². The summed E-state index contributed by atoms with van der Waals surface area (Å²) in [4.78, 5) is 0. The van der Waals surface area contributed by atoms with Gasteiger partial charge in [0.05, 0.1) is 6.10 Å². The molecule has 0 aromatic carbocycles. The molecule has 0 amide bonds. The van der Waals surface area contributed by atoms with E-state index in [1.165, 1.54) is 11.1 Å². The Kier molecular flexibility index (Phi) is 5.01. The Labute approximate surface area is 99.6 Å². The van der Waals surface area contributed by atoms with E-state index in [2.05, 4.69) is 32.6 Å². The third-order valence-electron chi connectivity index (χ3n) is 3.49. The average molecular weight is 220 g/mol. The maximum atomic E-state index is 10.1. The first-order chi connectivity index (χ1) is 7.50. The number of aliphatic hydroxyl groups is 1. The molecule has 1 heteroatoms. The first kappa shape index (κ1) is 13.2. The highest BCUT2D eigenvalue weighted by atomic mass is 16.3. The molecule has 1 rings (SSSR count). The largest absolute Gasteiger partial charge is 0.389 e. The molecule has 0 radical (unpaired) electrons. The summed E-state index contributed by atoms with van der Waals surface area (Å²) in [7, 11) is 0. The maximum Gasteiger partial charge on any atom is 0.0753 e. The van der Waals surface area contributed by atoms with Crippen molar-refractivity contribution in [3.8, 4) is 0 Å². The van der Waals surface area contributed by atoms with Crippen molar-refractivity contribution in [2.45, 2.75) is 52.6 Å². The third kappa shape index (κ3) is 3.97. The van der Waals surface area contributed by atoms with Gasteiger partial charge in [-0.3, -0.25) is 0 Å². The fourth-order valence-electron chi connectivity index (χ4n) is 2.06. The van der Waals surface area contributed by atoms with Crippen LogP contribution < -0.4 is 0 Å². The summed E-state index contributed by atoms with van der Waals surface area (Å²) >= 11 is 0. The van der Waals surface area contributed by atoms with Crippen LogP contribution in [0.15, 0.2) is 35.5 Å². The Morgan fingerprint density at radius 2 is 2.06 bits per heavy atom. The van der Waals surface area contributed by atoms with Gasteiger partial charge in [-0.25, -0.2) is 0 Å². The summed E-state index contributed by atoms with van der Waals surface area (Å²) in [6.45, 7) is 10.3. The number of aliphatic hydroxyl groups excluding tert-OH is 1. The predicted molar refractivity (Wildman–Crippen MR) is 70.3 cm³/mol. The molecule has 0 saturated carbocycles. The fourth-order valence-corrected chi connectivity index (χ4v) is 2.06. The Balaban J connectivity index is 2.82. The fraction of sp³-hybridized carbons (Fsp3) is 0.600. The predicted octanol–water partition coefficient (Wildman–Crippen LogP) is 4.01. The molecule has 0 spiro atoms. The van der Waals surface area contributed by atoms with Crippen LogP contribution in [0.2, 0.25) is 0 Å². The molecule has 0 saturated heterocycles. The van der Waals surface area contributed by atoms with Crippen LogP contribution >= 0.6 is 0 Å². The van der Waals surface area contributed by atoms with Crippen LogP contribution in [0.4, 0.5) is 0 Å². The summed E-state index contributed by atoms with van der Waals surface area (Å²) in [5, 5.41) is 10.1. The molecule has 0 fully saturated rings. The number of hydrogen-bond acceptors (Lipinski definition) is 1. The second kappa shape index (κ2) is 6.05. The van der Waals surface area contributed by atoms with Crippen LogP contribution in [0.3, 0.4) is 0 Å². The minimum atomic E-state index is -0.298. The highest BCUT2D eigenvalue weighted by Crippen LogP contribution is 2.25. The van der Waals surface area contributed by atoms with Crippen LogP contribution in [-0.4, -0.2) is 11.2 Å². The van der Waals surface area contributed by atoms with Gasteiger partial charge in [0.15, 0.2) is 0 Å². The van der Waals surface area contributed by atoms with Gasteiger partial charge in [-0.2, -0.15) is 0 Å². The molecule has 2 atom stereocenters. The van der Waals surface area contributed by atoms with Crippen LogP contribution in [-0.2, 0) is 0 Å². The molecule has 16 heavy (non-hydrogen) atoms. The van der Waals surface area contributed by atoms with E-state index in [-0.39, 0.29) is 6.10 Å². The molecule has 1 aliphatic carbocycles. The van der Waals surface area contributed by atoms with Crippen LogP contribution in [0.25, 0.3) is 0 Å². The zero-order valence-corrected chi connectivity index (χ0v) is 10.8. The molecule has 0 heterocycles. The van der Waals surface area contributed by atoms with Crippen molar-refractivity contribution in [3.63, 3.8) is 0 Å². The summed E-state index contributed by atoms with van der Waals surface area (Å²) in [6, 6.07) is 0. The van der Waals surface area contributed by atoms with Gasteiger partial charge >= 0.3 is 0 Å². The molecule has 2 unspecified atom stereocenters. The molecular weight excluding hydrogens is 196 g/mol. The van der Waals surface area contributed by atoms with Crippen molar-refractivity contribution in [1.82, 2.24) is 0 Å². The zero-order valence-electron chi connectivity index (χ0n) is 10.8. The van der Waals surface area contributed by atoms with Crippen molar-refractivity contribution < 1.29 is 5.11 Å². The quantitative estimate of drug-likeness (QED) is 0.662. The lowest BCUT2D eigenvalue weighted by molar-refractivity contribution is 0.182. The Bertz CT molecular complexity index is 309. The van der Waals surface area contributed by atoms with Crippen molar-refractivity contribution in [2.24, 2.45) is 5.92 Å². The molecule has 90 valence electrons. The standard InChI is InChI=1S/C15H24O/c1-11(2)14-9-8-12(3)6-5-7-13(4)15(16)10-14/h7-8,14-16H,1,5-6,9-10H2,2-4H3/b12-8-,13-7-. The molecule has 0 aliphatic heterocycles. The molecular formula is C15H24O. The minimum Gasteiger partial charge on any atom is -0.389 e. The summed E-state index contributed by atoms with van der Waals surface area (Å²) < 4.78 is 0. The molecule has 1 nitrogen and oxygen atoms in total. The molecule has 0 bridgehead atoms. The number of rotatable bonds is 1. The SMILES string of the molecule is C=C(C)C1C/C=C(/C)CC/C=C(/C)C(O)C1. The van der Waals surface area contributed by atoms with Gasteiger partial charge in [-0.15, -0.1) is 0 Å². The summed E-state index contributed by atoms with van der Waals surface area (Å²) in [5.41, 5.74) is 3.74. The van der Waals surface area contributed by atoms with E-state index in [1.807, 2.05) is 6.92 Å². The molecule has 1 aliphatic rings. The third-order valence-corrected chi connectivity index (χ3v) is 3.49. The monoisotopic (exact) mass is 220 g/mol. The summed E-state index contributed by atoms with van der Waals surface area (Å²) in [5.74, 6) is 0.409. The van der Waals surface area contributed by atoms with Gasteiger partial charge in [0.2, 0.25) is 0 Å². The highest BCUT2D eigenvalue weighted by Gasteiger charge is 2.16. The van der Waals surface area contributed by atoms with E-state index in [1.54, 1.807) is 0 Å². The van der Waals surface area contributed by atoms with Crippen LogP contribution in [0.1, 0.15) is 46.5 Å². The molecule has 0 aromatic heterocycles. The lowest BCUT2D eigenvalue weighted by Crippen LogP contribution is -2.16. The molecule has 0 aromatic rings. The van der Waals surface area contributed by atoms with Crippen molar-refractivity contribution >= 4 is 0 Å². The normalized spacial score (nSPS) is 34.5. The van der Waals surface area contributed by atoms with E-state index in [0.29, 0.717) is 5.92 Å². The lowest BCUT2D eigenvalue weighted by atomic mass is 9.87. The van der Waals surface area contributed by atoms with Gasteiger partial charge in [-0.1, -0.05) is 29.9 Å². The first-order valence-corrected chi connectivity index (χ1v) is 6.16. The lowest BCUT2D eigenvalue weighted by Gasteiger charge is -2.21. The van der Waals surface area contributed by atoms with Gasteiger partial charge in [0.1, 0.15) is 0 Å². The van der Waals surface area contributed by atoms with E-state index in [0.717, 1.165) is 31.3 Å². The van der Waals surface area contributed by atoms with Crippen LogP contribution in [0, 0.1) is 5.92 Å². The van der Waals surface area contributed by atoms with Crippen molar-refractivity contribution in [2.75, 3.05) is 0 Å². The topological polar surface area (TPSA) is 20.2 Å².